The van der Waals surface area contributed by atoms with Crippen molar-refractivity contribution in [3.8, 4) is 0 Å². The zero-order chi connectivity index (χ0) is 16.1. The number of oxazole rings is 1. The first kappa shape index (κ1) is 16.2. The fraction of sp³-hybridized carbons (Fsp3) is 0.412. The minimum absolute atomic E-state index is 0.246. The highest BCUT2D eigenvalue weighted by atomic mass is 16.3. The first-order valence-electron chi connectivity index (χ1n) is 7.61. The van der Waals surface area contributed by atoms with Crippen molar-refractivity contribution in [2.45, 2.75) is 39.7 Å². The summed E-state index contributed by atoms with van der Waals surface area (Å²) < 4.78 is 5.33. The van der Waals surface area contributed by atoms with Gasteiger partial charge < -0.3 is 15.5 Å². The molecule has 1 atom stereocenters. The van der Waals surface area contributed by atoms with Gasteiger partial charge in [0, 0.05) is 5.69 Å². The molecule has 0 spiro atoms. The number of nitrogens with zero attached hydrogens (tertiary/aromatic N) is 1. The van der Waals surface area contributed by atoms with E-state index in [0.29, 0.717) is 11.8 Å². The number of amides is 1. The van der Waals surface area contributed by atoms with Gasteiger partial charge in [0.2, 0.25) is 5.89 Å². The highest BCUT2D eigenvalue weighted by molar-refractivity contribution is 6.02. The van der Waals surface area contributed by atoms with Crippen molar-refractivity contribution < 1.29 is 9.21 Å². The summed E-state index contributed by atoms with van der Waals surface area (Å²) in [5, 5.41) is 2.82. The summed E-state index contributed by atoms with van der Waals surface area (Å²) in [7, 11) is 0. The van der Waals surface area contributed by atoms with Crippen LogP contribution in [0.5, 0.6) is 0 Å². The minimum atomic E-state index is -0.292. The van der Waals surface area contributed by atoms with Gasteiger partial charge in [0.15, 0.2) is 5.69 Å². The second-order valence-corrected chi connectivity index (χ2v) is 5.82. The lowest BCUT2D eigenvalue weighted by Crippen LogP contribution is -2.15. The molecule has 0 radical (unpaired) electrons. The average Bonchev–Trinajstić information content (AvgIpc) is 2.97. The number of hydrogen-bond acceptors (Lipinski definition) is 4. The third-order valence-electron chi connectivity index (χ3n) is 3.39. The van der Waals surface area contributed by atoms with Gasteiger partial charge in [-0.15, -0.1) is 0 Å². The highest BCUT2D eigenvalue weighted by Crippen LogP contribution is 2.19. The Bertz CT molecular complexity index is 634. The predicted molar refractivity (Wildman–Crippen MR) is 86.7 cm³/mol. The number of anilines is 1. The van der Waals surface area contributed by atoms with Crippen LogP contribution in [0.15, 0.2) is 34.9 Å². The molecule has 0 fully saturated rings. The van der Waals surface area contributed by atoms with Crippen LogP contribution in [0.25, 0.3) is 0 Å². The molecule has 22 heavy (non-hydrogen) atoms. The molecule has 1 unspecified atom stereocenters. The SMILES string of the molecule is CCc1cccc(NC(=O)c2coc(C(N)CC(C)C)n2)c1. The summed E-state index contributed by atoms with van der Waals surface area (Å²) >= 11 is 0. The molecule has 0 bridgehead atoms. The Morgan fingerprint density at radius 2 is 2.18 bits per heavy atom. The number of carbonyl (C=O) groups excluding carboxylic acids is 1. The van der Waals surface area contributed by atoms with Gasteiger partial charge in [0.1, 0.15) is 6.26 Å². The number of rotatable bonds is 6. The summed E-state index contributed by atoms with van der Waals surface area (Å²) in [6.07, 6.45) is 3.04. The maximum absolute atomic E-state index is 12.2. The van der Waals surface area contributed by atoms with Crippen molar-refractivity contribution in [3.05, 3.63) is 47.7 Å². The summed E-state index contributed by atoms with van der Waals surface area (Å²) in [6.45, 7) is 6.23. The largest absolute Gasteiger partial charge is 0.446 e. The fourth-order valence-corrected chi connectivity index (χ4v) is 2.24. The number of hydrogen-bond donors (Lipinski definition) is 2. The molecule has 0 saturated carbocycles. The van der Waals surface area contributed by atoms with E-state index in [1.807, 2.05) is 24.3 Å². The van der Waals surface area contributed by atoms with E-state index in [9.17, 15) is 4.79 Å². The lowest BCUT2D eigenvalue weighted by atomic mass is 10.0. The van der Waals surface area contributed by atoms with E-state index in [1.54, 1.807) is 0 Å². The fourth-order valence-electron chi connectivity index (χ4n) is 2.24. The van der Waals surface area contributed by atoms with E-state index >= 15 is 0 Å². The summed E-state index contributed by atoms with van der Waals surface area (Å²) in [4.78, 5) is 16.4. The molecule has 5 heteroatoms. The van der Waals surface area contributed by atoms with Gasteiger partial charge in [-0.05, 0) is 36.5 Å². The topological polar surface area (TPSA) is 81.2 Å². The van der Waals surface area contributed by atoms with Crippen LogP contribution in [-0.2, 0) is 6.42 Å². The van der Waals surface area contributed by atoms with Gasteiger partial charge >= 0.3 is 0 Å². The highest BCUT2D eigenvalue weighted by Gasteiger charge is 2.18. The summed E-state index contributed by atoms with van der Waals surface area (Å²) in [5.74, 6) is 0.553. The predicted octanol–water partition coefficient (Wildman–Crippen LogP) is 3.54. The number of carbonyl (C=O) groups is 1. The van der Waals surface area contributed by atoms with Gasteiger partial charge in [-0.2, -0.15) is 0 Å². The molecule has 1 amide bonds. The number of aromatic nitrogens is 1. The molecule has 0 saturated heterocycles. The van der Waals surface area contributed by atoms with Crippen LogP contribution in [0.1, 0.15) is 55.2 Å². The van der Waals surface area contributed by atoms with Gasteiger partial charge in [-0.3, -0.25) is 4.79 Å². The maximum Gasteiger partial charge on any atom is 0.277 e. The molecule has 0 aliphatic rings. The summed E-state index contributed by atoms with van der Waals surface area (Å²) in [6, 6.07) is 7.45. The van der Waals surface area contributed by atoms with E-state index in [-0.39, 0.29) is 17.6 Å². The molecular formula is C17H23N3O2. The van der Waals surface area contributed by atoms with Crippen LogP contribution in [-0.4, -0.2) is 10.9 Å². The first-order valence-corrected chi connectivity index (χ1v) is 7.61. The van der Waals surface area contributed by atoms with Gasteiger partial charge in [0.05, 0.1) is 6.04 Å². The molecule has 0 aliphatic heterocycles. The molecule has 0 aliphatic carbocycles. The summed E-state index contributed by atoms with van der Waals surface area (Å²) in [5.41, 5.74) is 8.17. The zero-order valence-corrected chi connectivity index (χ0v) is 13.3. The lowest BCUT2D eigenvalue weighted by molar-refractivity contribution is 0.102. The van der Waals surface area contributed by atoms with Crippen LogP contribution >= 0.6 is 0 Å². The van der Waals surface area contributed by atoms with Crippen molar-refractivity contribution >= 4 is 11.6 Å². The van der Waals surface area contributed by atoms with Crippen molar-refractivity contribution in [1.82, 2.24) is 4.98 Å². The standard InChI is InChI=1S/C17H23N3O2/c1-4-12-6-5-7-13(9-12)19-16(21)15-10-22-17(20-15)14(18)8-11(2)3/h5-7,9-11,14H,4,8,18H2,1-3H3,(H,19,21). The van der Waals surface area contributed by atoms with Crippen molar-refractivity contribution in [2.75, 3.05) is 5.32 Å². The van der Waals surface area contributed by atoms with Crippen LogP contribution < -0.4 is 11.1 Å². The molecule has 5 nitrogen and oxygen atoms in total. The Kier molecular flexibility index (Phi) is 5.33. The van der Waals surface area contributed by atoms with Crippen LogP contribution in [0.2, 0.25) is 0 Å². The Morgan fingerprint density at radius 3 is 2.86 bits per heavy atom. The van der Waals surface area contributed by atoms with E-state index in [0.717, 1.165) is 24.1 Å². The average molecular weight is 301 g/mol. The second-order valence-electron chi connectivity index (χ2n) is 5.82. The van der Waals surface area contributed by atoms with E-state index in [2.05, 4.69) is 31.1 Å². The van der Waals surface area contributed by atoms with Crippen molar-refractivity contribution in [3.63, 3.8) is 0 Å². The van der Waals surface area contributed by atoms with E-state index < -0.39 is 0 Å². The van der Waals surface area contributed by atoms with Crippen LogP contribution in [0, 0.1) is 5.92 Å². The molecule has 118 valence electrons. The van der Waals surface area contributed by atoms with Crippen molar-refractivity contribution in [2.24, 2.45) is 11.7 Å². The quantitative estimate of drug-likeness (QED) is 0.855. The molecule has 3 N–H and O–H groups in total. The zero-order valence-electron chi connectivity index (χ0n) is 13.3. The molecule has 2 rings (SSSR count). The first-order chi connectivity index (χ1) is 10.5. The lowest BCUT2D eigenvalue weighted by Gasteiger charge is -2.09. The smallest absolute Gasteiger partial charge is 0.277 e. The molecule has 1 heterocycles. The van der Waals surface area contributed by atoms with E-state index in [1.165, 1.54) is 6.26 Å². The third-order valence-corrected chi connectivity index (χ3v) is 3.39. The molecular weight excluding hydrogens is 278 g/mol. The Labute approximate surface area is 130 Å². The molecule has 2 aromatic rings. The van der Waals surface area contributed by atoms with Gasteiger partial charge in [-0.25, -0.2) is 4.98 Å². The van der Waals surface area contributed by atoms with Crippen molar-refractivity contribution in [1.29, 1.82) is 0 Å². The minimum Gasteiger partial charge on any atom is -0.446 e. The van der Waals surface area contributed by atoms with E-state index in [4.69, 9.17) is 10.2 Å². The number of benzene rings is 1. The third kappa shape index (κ3) is 4.18. The van der Waals surface area contributed by atoms with Gasteiger partial charge in [-0.1, -0.05) is 32.9 Å². The second kappa shape index (κ2) is 7.22. The molecule has 1 aromatic heterocycles. The van der Waals surface area contributed by atoms with Crippen LogP contribution in [0.3, 0.4) is 0 Å². The number of nitrogens with two attached hydrogens (primary N) is 1. The Hall–Kier alpha value is -2.14. The Balaban J connectivity index is 2.05. The number of aryl methyl sites for hydroxylation is 1. The van der Waals surface area contributed by atoms with Gasteiger partial charge in [0.25, 0.3) is 5.91 Å². The number of nitrogens with one attached hydrogen (secondary N) is 1. The Morgan fingerprint density at radius 1 is 1.41 bits per heavy atom. The normalized spacial score (nSPS) is 12.4. The van der Waals surface area contributed by atoms with Crippen LogP contribution in [0.4, 0.5) is 5.69 Å². The maximum atomic E-state index is 12.2. The molecule has 1 aromatic carbocycles. The monoisotopic (exact) mass is 301 g/mol.